The summed E-state index contributed by atoms with van der Waals surface area (Å²) in [6.45, 7) is 5.60. The molecule has 8 nitrogen and oxygen atoms in total. The van der Waals surface area contributed by atoms with Gasteiger partial charge < -0.3 is 9.64 Å². The van der Waals surface area contributed by atoms with E-state index in [9.17, 15) is 23.7 Å². The fraction of sp³-hybridized carbons (Fsp3) is 0.667. The molecule has 0 bridgehead atoms. The normalized spacial score (nSPS) is 15.8. The molecule has 1 aromatic rings. The standard InChI is InChI=1S/C12H16F2N4O4/c1-12(2,3)22-11(19)16-4-7(5-16)17-6-8(18(20)21)9(15-17)10(13)14/h6-7,10H,4-5H2,1-3H3. The van der Waals surface area contributed by atoms with Crippen LogP contribution in [0.3, 0.4) is 0 Å². The van der Waals surface area contributed by atoms with Crippen LogP contribution in [0.5, 0.6) is 0 Å². The summed E-state index contributed by atoms with van der Waals surface area (Å²) in [5, 5.41) is 14.3. The first-order chi connectivity index (χ1) is 10.1. The topological polar surface area (TPSA) is 90.5 Å². The smallest absolute Gasteiger partial charge is 0.410 e. The van der Waals surface area contributed by atoms with Gasteiger partial charge in [0.2, 0.25) is 5.69 Å². The maximum atomic E-state index is 12.7. The lowest BCUT2D eigenvalue weighted by molar-refractivity contribution is -0.386. The molecule has 0 aromatic carbocycles. The van der Waals surface area contributed by atoms with E-state index in [4.69, 9.17) is 4.74 Å². The monoisotopic (exact) mass is 318 g/mol. The Morgan fingerprint density at radius 3 is 2.50 bits per heavy atom. The minimum Gasteiger partial charge on any atom is -0.444 e. The molecule has 2 heterocycles. The summed E-state index contributed by atoms with van der Waals surface area (Å²) in [7, 11) is 0. The molecule has 0 atom stereocenters. The Morgan fingerprint density at radius 2 is 2.09 bits per heavy atom. The van der Waals surface area contributed by atoms with Gasteiger partial charge in [-0.15, -0.1) is 0 Å². The highest BCUT2D eigenvalue weighted by Gasteiger charge is 2.37. The molecule has 1 aromatic heterocycles. The Bertz CT molecular complexity index is 590. The van der Waals surface area contributed by atoms with E-state index >= 15 is 0 Å². The molecule has 1 aliphatic rings. The summed E-state index contributed by atoms with van der Waals surface area (Å²) >= 11 is 0. The van der Waals surface area contributed by atoms with Gasteiger partial charge in [-0.05, 0) is 20.8 Å². The SMILES string of the molecule is CC(C)(C)OC(=O)N1CC(n2cc([N+](=O)[O-])c(C(F)F)n2)C1. The Balaban J connectivity index is 2.03. The van der Waals surface area contributed by atoms with Crippen LogP contribution in [0.15, 0.2) is 6.20 Å². The Kier molecular flexibility index (Phi) is 4.03. The number of nitrogens with zero attached hydrogens (tertiary/aromatic N) is 4. The first-order valence-corrected chi connectivity index (χ1v) is 6.58. The van der Waals surface area contributed by atoms with Gasteiger partial charge in [0.1, 0.15) is 11.8 Å². The number of hydrogen-bond acceptors (Lipinski definition) is 5. The minimum atomic E-state index is -3.02. The van der Waals surface area contributed by atoms with Crippen LogP contribution in [-0.2, 0) is 4.74 Å². The third-order valence-electron chi connectivity index (χ3n) is 3.03. The van der Waals surface area contributed by atoms with Crippen LogP contribution in [0.4, 0.5) is 19.3 Å². The van der Waals surface area contributed by atoms with Crippen molar-refractivity contribution < 1.29 is 23.2 Å². The summed E-state index contributed by atoms with van der Waals surface area (Å²) in [5.74, 6) is 0. The van der Waals surface area contributed by atoms with Crippen LogP contribution in [0.25, 0.3) is 0 Å². The van der Waals surface area contributed by atoms with Crippen molar-refractivity contribution in [3.05, 3.63) is 22.0 Å². The van der Waals surface area contributed by atoms with Crippen LogP contribution in [-0.4, -0.2) is 44.4 Å². The second-order valence-corrected chi connectivity index (χ2v) is 5.98. The van der Waals surface area contributed by atoms with Crippen molar-refractivity contribution in [1.29, 1.82) is 0 Å². The summed E-state index contributed by atoms with van der Waals surface area (Å²) in [4.78, 5) is 23.0. The zero-order valence-corrected chi connectivity index (χ0v) is 12.3. The van der Waals surface area contributed by atoms with Gasteiger partial charge in [0.15, 0.2) is 0 Å². The Labute approximate surface area is 124 Å². The number of aromatic nitrogens is 2. The lowest BCUT2D eigenvalue weighted by Crippen LogP contribution is -2.52. The number of carbonyl (C=O) groups excluding carboxylic acids is 1. The van der Waals surface area contributed by atoms with Crippen molar-refractivity contribution >= 4 is 11.8 Å². The summed E-state index contributed by atoms with van der Waals surface area (Å²) in [6.07, 6.45) is -2.57. The van der Waals surface area contributed by atoms with Gasteiger partial charge in [0.25, 0.3) is 6.43 Å². The maximum Gasteiger partial charge on any atom is 0.410 e. The number of nitro groups is 1. The number of alkyl halides is 2. The highest BCUT2D eigenvalue weighted by atomic mass is 19.3. The first kappa shape index (κ1) is 16.1. The molecule has 0 aliphatic carbocycles. The van der Waals surface area contributed by atoms with Crippen LogP contribution in [0.1, 0.15) is 38.9 Å². The summed E-state index contributed by atoms with van der Waals surface area (Å²) in [6, 6.07) is -0.376. The average Bonchev–Trinajstić information content (AvgIpc) is 2.69. The number of amides is 1. The molecule has 0 radical (unpaired) electrons. The molecule has 1 amide bonds. The molecule has 122 valence electrons. The number of likely N-dealkylation sites (tertiary alicyclic amines) is 1. The van der Waals surface area contributed by atoms with Crippen LogP contribution < -0.4 is 0 Å². The summed E-state index contributed by atoms with van der Waals surface area (Å²) in [5.41, 5.74) is -2.21. The fourth-order valence-corrected chi connectivity index (χ4v) is 1.98. The molecule has 1 aliphatic heterocycles. The Hall–Kier alpha value is -2.26. The van der Waals surface area contributed by atoms with E-state index in [0.717, 1.165) is 10.9 Å². The number of halogens is 2. The van der Waals surface area contributed by atoms with E-state index in [1.807, 2.05) is 0 Å². The number of ether oxygens (including phenoxy) is 1. The van der Waals surface area contributed by atoms with E-state index in [1.54, 1.807) is 20.8 Å². The third-order valence-corrected chi connectivity index (χ3v) is 3.03. The Morgan fingerprint density at radius 1 is 1.50 bits per heavy atom. The van der Waals surface area contributed by atoms with Crippen molar-refractivity contribution in [2.75, 3.05) is 13.1 Å². The van der Waals surface area contributed by atoms with Crippen molar-refractivity contribution in [3.8, 4) is 0 Å². The summed E-state index contributed by atoms with van der Waals surface area (Å²) < 4.78 is 31.7. The van der Waals surface area contributed by atoms with E-state index in [1.165, 1.54) is 4.90 Å². The molecule has 0 unspecified atom stereocenters. The molecular weight excluding hydrogens is 302 g/mol. The second-order valence-electron chi connectivity index (χ2n) is 5.98. The van der Waals surface area contributed by atoms with Crippen molar-refractivity contribution in [1.82, 2.24) is 14.7 Å². The molecule has 0 saturated carbocycles. The molecule has 10 heteroatoms. The number of carbonyl (C=O) groups is 1. The molecule has 22 heavy (non-hydrogen) atoms. The van der Waals surface area contributed by atoms with Gasteiger partial charge in [-0.1, -0.05) is 0 Å². The lowest BCUT2D eigenvalue weighted by Gasteiger charge is -2.39. The lowest BCUT2D eigenvalue weighted by atomic mass is 10.1. The van der Waals surface area contributed by atoms with Crippen LogP contribution in [0.2, 0.25) is 0 Å². The largest absolute Gasteiger partial charge is 0.444 e. The van der Waals surface area contributed by atoms with Crippen molar-refractivity contribution in [2.45, 2.75) is 38.8 Å². The first-order valence-electron chi connectivity index (χ1n) is 6.58. The number of hydrogen-bond donors (Lipinski definition) is 0. The molecule has 2 rings (SSSR count). The highest BCUT2D eigenvalue weighted by molar-refractivity contribution is 5.69. The quantitative estimate of drug-likeness (QED) is 0.631. The molecule has 0 N–H and O–H groups in total. The second kappa shape index (κ2) is 5.50. The van der Waals surface area contributed by atoms with Crippen molar-refractivity contribution in [2.24, 2.45) is 0 Å². The van der Waals surface area contributed by atoms with E-state index in [0.29, 0.717) is 0 Å². The maximum absolute atomic E-state index is 12.7. The highest BCUT2D eigenvalue weighted by Crippen LogP contribution is 2.31. The van der Waals surface area contributed by atoms with Gasteiger partial charge >= 0.3 is 11.8 Å². The van der Waals surface area contributed by atoms with E-state index in [2.05, 4.69) is 5.10 Å². The van der Waals surface area contributed by atoms with Crippen molar-refractivity contribution in [3.63, 3.8) is 0 Å². The predicted octanol–water partition coefficient (Wildman–Crippen LogP) is 2.52. The molecule has 1 fully saturated rings. The predicted molar refractivity (Wildman–Crippen MR) is 70.7 cm³/mol. The van der Waals surface area contributed by atoms with Gasteiger partial charge in [-0.25, -0.2) is 13.6 Å². The van der Waals surface area contributed by atoms with E-state index < -0.39 is 34.4 Å². The average molecular weight is 318 g/mol. The van der Waals surface area contributed by atoms with Gasteiger partial charge in [0.05, 0.1) is 11.0 Å². The van der Waals surface area contributed by atoms with Gasteiger partial charge in [-0.3, -0.25) is 14.8 Å². The van der Waals surface area contributed by atoms with Crippen LogP contribution in [0, 0.1) is 10.1 Å². The number of rotatable bonds is 3. The molecular formula is C12H16F2N4O4. The fourth-order valence-electron chi connectivity index (χ4n) is 1.98. The van der Waals surface area contributed by atoms with Gasteiger partial charge in [-0.2, -0.15) is 5.10 Å². The third kappa shape index (κ3) is 3.31. The zero-order valence-electron chi connectivity index (χ0n) is 12.3. The minimum absolute atomic E-state index is 0.205. The van der Waals surface area contributed by atoms with Gasteiger partial charge in [0, 0.05) is 13.1 Å². The zero-order chi connectivity index (χ0) is 16.7. The van der Waals surface area contributed by atoms with Crippen LogP contribution >= 0.6 is 0 Å². The van der Waals surface area contributed by atoms with E-state index in [-0.39, 0.29) is 19.1 Å². The molecule has 0 spiro atoms. The molecule has 1 saturated heterocycles.